The highest BCUT2D eigenvalue weighted by Crippen LogP contribution is 2.15. The fraction of sp³-hybridized carbons (Fsp3) is 0.350. The number of nitrogens with one attached hydrogen (secondary N) is 2. The Morgan fingerprint density at radius 1 is 1.25 bits per heavy atom. The van der Waals surface area contributed by atoms with Gasteiger partial charge in [0, 0.05) is 5.56 Å². The fourth-order valence-electron chi connectivity index (χ4n) is 2.65. The number of phenolic OH excluding ortho intramolecular Hbond substituents is 1. The van der Waals surface area contributed by atoms with E-state index in [0.29, 0.717) is 24.2 Å². The van der Waals surface area contributed by atoms with Crippen molar-refractivity contribution in [2.45, 2.75) is 32.2 Å². The molecule has 7 nitrogen and oxygen atoms in total. The molecule has 0 saturated heterocycles. The quantitative estimate of drug-likeness (QED) is 0.337. The van der Waals surface area contributed by atoms with E-state index in [9.17, 15) is 13.5 Å². The zero-order valence-electron chi connectivity index (χ0n) is 15.9. The van der Waals surface area contributed by atoms with Crippen molar-refractivity contribution in [2.75, 3.05) is 12.4 Å². The average molecular weight is 406 g/mol. The number of aromatic hydroxyl groups is 1. The fourth-order valence-corrected chi connectivity index (χ4v) is 4.09. The van der Waals surface area contributed by atoms with E-state index in [2.05, 4.69) is 4.72 Å². The highest BCUT2D eigenvalue weighted by atomic mass is 32.2. The summed E-state index contributed by atoms with van der Waals surface area (Å²) in [5.74, 6) is 0.665. The Hall–Kier alpha value is -2.58. The van der Waals surface area contributed by atoms with Crippen LogP contribution in [0.4, 0.5) is 0 Å². The van der Waals surface area contributed by atoms with Crippen LogP contribution in [0.3, 0.4) is 0 Å². The molecule has 0 spiro atoms. The number of nitrogens with two attached hydrogens (primary N) is 1. The van der Waals surface area contributed by atoms with Crippen LogP contribution in [0, 0.1) is 5.41 Å². The van der Waals surface area contributed by atoms with Gasteiger partial charge in [-0.1, -0.05) is 37.6 Å². The van der Waals surface area contributed by atoms with Gasteiger partial charge in [-0.3, -0.25) is 5.41 Å². The second kappa shape index (κ2) is 10.1. The molecule has 0 aromatic heterocycles. The summed E-state index contributed by atoms with van der Waals surface area (Å²) in [5.41, 5.74) is 6.91. The minimum Gasteiger partial charge on any atom is -0.508 e. The van der Waals surface area contributed by atoms with E-state index >= 15 is 0 Å². The minimum absolute atomic E-state index is 0.0636. The van der Waals surface area contributed by atoms with Gasteiger partial charge in [-0.15, -0.1) is 0 Å². The number of hydrogen-bond acceptors (Lipinski definition) is 5. The second-order valence-electron chi connectivity index (χ2n) is 6.61. The maximum absolute atomic E-state index is 12.3. The summed E-state index contributed by atoms with van der Waals surface area (Å²) < 4.78 is 33.2. The van der Waals surface area contributed by atoms with Crippen LogP contribution in [0.5, 0.6) is 11.5 Å². The molecule has 0 aliphatic rings. The van der Waals surface area contributed by atoms with Crippen LogP contribution < -0.4 is 15.2 Å². The Bertz CT molecular complexity index is 883. The molecule has 0 heterocycles. The molecule has 2 aromatic rings. The molecule has 0 aliphatic heterocycles. The highest BCUT2D eigenvalue weighted by molar-refractivity contribution is 7.89. The minimum atomic E-state index is -3.43. The molecule has 1 atom stereocenters. The monoisotopic (exact) mass is 405 g/mol. The van der Waals surface area contributed by atoms with E-state index in [0.717, 1.165) is 12.0 Å². The molecule has 0 fully saturated rings. The molecule has 2 aromatic carbocycles. The van der Waals surface area contributed by atoms with Crippen molar-refractivity contribution in [1.82, 2.24) is 4.72 Å². The SMILES string of the molecule is CCCCS(=O)(=O)N[C@H](COc1cccc(C(=N)N)c1)Cc1ccc(O)cc1. The van der Waals surface area contributed by atoms with Gasteiger partial charge in [-0.2, -0.15) is 0 Å². The summed E-state index contributed by atoms with van der Waals surface area (Å²) in [7, 11) is -3.43. The number of benzene rings is 2. The maximum Gasteiger partial charge on any atom is 0.211 e. The third-order valence-corrected chi connectivity index (χ3v) is 5.65. The van der Waals surface area contributed by atoms with Crippen LogP contribution in [-0.4, -0.2) is 37.8 Å². The van der Waals surface area contributed by atoms with E-state index in [1.165, 1.54) is 0 Å². The number of amidine groups is 1. The molecule has 0 aliphatic carbocycles. The first-order chi connectivity index (χ1) is 13.3. The Morgan fingerprint density at radius 2 is 1.96 bits per heavy atom. The van der Waals surface area contributed by atoms with E-state index in [4.69, 9.17) is 15.9 Å². The molecule has 0 saturated carbocycles. The summed E-state index contributed by atoms with van der Waals surface area (Å²) >= 11 is 0. The smallest absolute Gasteiger partial charge is 0.211 e. The molecule has 0 unspecified atom stereocenters. The second-order valence-corrected chi connectivity index (χ2v) is 8.48. The molecule has 0 radical (unpaired) electrons. The van der Waals surface area contributed by atoms with Gasteiger partial charge >= 0.3 is 0 Å². The zero-order chi connectivity index (χ0) is 20.6. The van der Waals surface area contributed by atoms with Gasteiger partial charge < -0.3 is 15.6 Å². The summed E-state index contributed by atoms with van der Waals surface area (Å²) in [4.78, 5) is 0. The Balaban J connectivity index is 2.11. The molecule has 5 N–H and O–H groups in total. The van der Waals surface area contributed by atoms with Crippen LogP contribution in [0.2, 0.25) is 0 Å². The van der Waals surface area contributed by atoms with Crippen molar-refractivity contribution in [3.63, 3.8) is 0 Å². The van der Waals surface area contributed by atoms with Crippen molar-refractivity contribution in [1.29, 1.82) is 5.41 Å². The van der Waals surface area contributed by atoms with Crippen molar-refractivity contribution in [3.8, 4) is 11.5 Å². The van der Waals surface area contributed by atoms with Gasteiger partial charge in [0.25, 0.3) is 0 Å². The lowest BCUT2D eigenvalue weighted by Gasteiger charge is -2.20. The van der Waals surface area contributed by atoms with Crippen molar-refractivity contribution in [3.05, 3.63) is 59.7 Å². The van der Waals surface area contributed by atoms with Gasteiger partial charge in [-0.25, -0.2) is 13.1 Å². The summed E-state index contributed by atoms with van der Waals surface area (Å²) in [6.45, 7) is 2.06. The van der Waals surface area contributed by atoms with Gasteiger partial charge in [0.05, 0.1) is 11.8 Å². The zero-order valence-corrected chi connectivity index (χ0v) is 16.7. The molecule has 2 rings (SSSR count). The normalized spacial score (nSPS) is 12.5. The first kappa shape index (κ1) is 21.7. The van der Waals surface area contributed by atoms with Gasteiger partial charge in [0.2, 0.25) is 10.0 Å². The lowest BCUT2D eigenvalue weighted by atomic mass is 10.1. The van der Waals surface area contributed by atoms with Gasteiger partial charge in [-0.05, 0) is 42.7 Å². The number of sulfonamides is 1. The molecule has 0 amide bonds. The third-order valence-electron chi connectivity index (χ3n) is 4.13. The Kier molecular flexibility index (Phi) is 7.83. The van der Waals surface area contributed by atoms with Crippen molar-refractivity contribution >= 4 is 15.9 Å². The van der Waals surface area contributed by atoms with E-state index in [-0.39, 0.29) is 23.9 Å². The number of rotatable bonds is 11. The summed E-state index contributed by atoms with van der Waals surface area (Å²) in [6.07, 6.45) is 1.79. The van der Waals surface area contributed by atoms with Crippen molar-refractivity contribution in [2.24, 2.45) is 5.73 Å². The number of hydrogen-bond donors (Lipinski definition) is 4. The third kappa shape index (κ3) is 7.21. The predicted molar refractivity (Wildman–Crippen MR) is 110 cm³/mol. The average Bonchev–Trinajstić information content (AvgIpc) is 2.66. The summed E-state index contributed by atoms with van der Waals surface area (Å²) in [6, 6.07) is 13.0. The van der Waals surface area contributed by atoms with Crippen molar-refractivity contribution < 1.29 is 18.3 Å². The van der Waals surface area contributed by atoms with E-state index < -0.39 is 16.1 Å². The maximum atomic E-state index is 12.3. The Morgan fingerprint density at radius 3 is 2.61 bits per heavy atom. The van der Waals surface area contributed by atoms with Gasteiger partial charge in [0.1, 0.15) is 23.9 Å². The lowest BCUT2D eigenvalue weighted by Crippen LogP contribution is -2.41. The highest BCUT2D eigenvalue weighted by Gasteiger charge is 2.19. The predicted octanol–water partition coefficient (Wildman–Crippen LogP) is 2.39. The summed E-state index contributed by atoms with van der Waals surface area (Å²) in [5, 5.41) is 16.9. The van der Waals surface area contributed by atoms with E-state index in [1.54, 1.807) is 48.5 Å². The number of unbranched alkanes of at least 4 members (excludes halogenated alkanes) is 1. The van der Waals surface area contributed by atoms with Crippen LogP contribution in [0.25, 0.3) is 0 Å². The molecular weight excluding hydrogens is 378 g/mol. The number of phenols is 1. The molecule has 28 heavy (non-hydrogen) atoms. The van der Waals surface area contributed by atoms with E-state index in [1.807, 2.05) is 6.92 Å². The molecular formula is C20H27N3O4S. The molecule has 0 bridgehead atoms. The molecule has 152 valence electrons. The Labute approximate surface area is 166 Å². The largest absolute Gasteiger partial charge is 0.508 e. The first-order valence-electron chi connectivity index (χ1n) is 9.14. The van der Waals surface area contributed by atoms with Gasteiger partial charge in [0.15, 0.2) is 0 Å². The molecule has 8 heteroatoms. The number of nitrogen functional groups attached to an aromatic ring is 1. The standard InChI is InChI=1S/C20H27N3O4S/c1-2-3-11-28(25,26)23-17(12-15-7-9-18(24)10-8-15)14-27-19-6-4-5-16(13-19)20(21)22/h4-10,13,17,23-24H,2-3,11-12,14H2,1H3,(H3,21,22)/t17-/m0/s1. The lowest BCUT2D eigenvalue weighted by molar-refractivity contribution is 0.278. The van der Waals surface area contributed by atoms with Crippen LogP contribution in [0.15, 0.2) is 48.5 Å². The van der Waals surface area contributed by atoms with Crippen LogP contribution in [-0.2, 0) is 16.4 Å². The topological polar surface area (TPSA) is 126 Å². The van der Waals surface area contributed by atoms with Crippen LogP contribution in [0.1, 0.15) is 30.9 Å². The van der Waals surface area contributed by atoms with Crippen LogP contribution >= 0.6 is 0 Å². The first-order valence-corrected chi connectivity index (χ1v) is 10.8. The number of ether oxygens (including phenoxy) is 1.